The Balaban J connectivity index is 1.95. The van der Waals surface area contributed by atoms with Gasteiger partial charge in [0, 0.05) is 5.56 Å². The molecule has 2 aromatic heterocycles. The molecule has 0 fully saturated rings. The van der Waals surface area contributed by atoms with Gasteiger partial charge in [0.2, 0.25) is 5.78 Å². The third kappa shape index (κ3) is 3.93. The third-order valence-electron chi connectivity index (χ3n) is 5.51. The maximum Gasteiger partial charge on any atom is 0.350 e. The number of amides is 1. The van der Waals surface area contributed by atoms with Gasteiger partial charge >= 0.3 is 5.97 Å². The summed E-state index contributed by atoms with van der Waals surface area (Å²) in [5, 5.41) is 11.0. The van der Waals surface area contributed by atoms with Gasteiger partial charge in [0.15, 0.2) is 28.1 Å². The van der Waals surface area contributed by atoms with Crippen molar-refractivity contribution in [3.8, 4) is 11.5 Å². The molecule has 10 nitrogen and oxygen atoms in total. The second-order valence-electron chi connectivity index (χ2n) is 7.56. The van der Waals surface area contributed by atoms with Crippen molar-refractivity contribution in [2.75, 3.05) is 26.2 Å². The Hall–Kier alpha value is -4.12. The van der Waals surface area contributed by atoms with E-state index in [-0.39, 0.29) is 27.1 Å². The van der Waals surface area contributed by atoms with E-state index in [9.17, 15) is 19.5 Å². The standard InChI is InChI=1S/C24H22N2O8S/c1-11-9-10-14(34-11)18(27)16-17(13-7-6-8-15(31-3)20(13)32-4)26(22(29)19(16)28)24-25-12(2)21(35-24)23(30)33-5/h6-10,17,28H,1-5H3/t17-/m1/s1. The van der Waals surface area contributed by atoms with Crippen LogP contribution in [-0.4, -0.2) is 49.1 Å². The molecule has 35 heavy (non-hydrogen) atoms. The van der Waals surface area contributed by atoms with Crippen molar-refractivity contribution in [3.05, 3.63) is 69.3 Å². The van der Waals surface area contributed by atoms with E-state index in [1.54, 1.807) is 38.1 Å². The van der Waals surface area contributed by atoms with Gasteiger partial charge in [-0.3, -0.25) is 14.5 Å². The van der Waals surface area contributed by atoms with E-state index >= 15 is 0 Å². The second-order valence-corrected chi connectivity index (χ2v) is 8.54. The first-order valence-corrected chi connectivity index (χ1v) is 11.2. The van der Waals surface area contributed by atoms with Gasteiger partial charge in [0.25, 0.3) is 5.91 Å². The predicted octanol–water partition coefficient (Wildman–Crippen LogP) is 3.94. The number of anilines is 1. The highest BCUT2D eigenvalue weighted by molar-refractivity contribution is 7.17. The van der Waals surface area contributed by atoms with Crippen molar-refractivity contribution < 1.29 is 38.1 Å². The number of furan rings is 1. The largest absolute Gasteiger partial charge is 0.503 e. The number of carbonyl (C=O) groups is 3. The van der Waals surface area contributed by atoms with Crippen LogP contribution < -0.4 is 14.4 Å². The van der Waals surface area contributed by atoms with Crippen molar-refractivity contribution >= 4 is 34.1 Å². The topological polar surface area (TPSA) is 128 Å². The Morgan fingerprint density at radius 1 is 1.11 bits per heavy atom. The molecule has 0 unspecified atom stereocenters. The van der Waals surface area contributed by atoms with Crippen molar-refractivity contribution in [2.45, 2.75) is 19.9 Å². The number of para-hydroxylation sites is 1. The van der Waals surface area contributed by atoms with Crippen LogP contribution in [0.4, 0.5) is 5.13 Å². The molecule has 1 aromatic carbocycles. The average molecular weight is 499 g/mol. The van der Waals surface area contributed by atoms with Gasteiger partial charge in [0.1, 0.15) is 16.7 Å². The molecule has 3 heterocycles. The Kier molecular flexibility index (Phi) is 6.35. The highest BCUT2D eigenvalue weighted by Gasteiger charge is 2.48. The number of hydrogen-bond donors (Lipinski definition) is 1. The average Bonchev–Trinajstić information content (AvgIpc) is 3.53. The maximum atomic E-state index is 13.5. The number of aromatic nitrogens is 1. The lowest BCUT2D eigenvalue weighted by Gasteiger charge is -2.26. The lowest BCUT2D eigenvalue weighted by atomic mass is 9.94. The molecule has 0 saturated carbocycles. The molecule has 11 heteroatoms. The Morgan fingerprint density at radius 2 is 1.86 bits per heavy atom. The molecule has 1 atom stereocenters. The van der Waals surface area contributed by atoms with Crippen molar-refractivity contribution in [3.63, 3.8) is 0 Å². The number of carbonyl (C=O) groups excluding carboxylic acids is 3. The van der Waals surface area contributed by atoms with Crippen molar-refractivity contribution in [2.24, 2.45) is 0 Å². The number of esters is 1. The fourth-order valence-corrected chi connectivity index (χ4v) is 4.92. The third-order valence-corrected chi connectivity index (χ3v) is 6.64. The number of ether oxygens (including phenoxy) is 3. The normalized spacial score (nSPS) is 15.5. The van der Waals surface area contributed by atoms with Crippen LogP contribution in [0.3, 0.4) is 0 Å². The number of methoxy groups -OCH3 is 3. The van der Waals surface area contributed by atoms with E-state index in [1.165, 1.54) is 27.4 Å². The summed E-state index contributed by atoms with van der Waals surface area (Å²) >= 11 is 0.906. The van der Waals surface area contributed by atoms with Crippen LogP contribution in [0.1, 0.15) is 43.3 Å². The molecule has 1 N–H and O–H groups in total. The van der Waals surface area contributed by atoms with Crippen molar-refractivity contribution in [1.29, 1.82) is 0 Å². The first kappa shape index (κ1) is 24.0. The van der Waals surface area contributed by atoms with Gasteiger partial charge in [-0.15, -0.1) is 0 Å². The van der Waals surface area contributed by atoms with Crippen LogP contribution in [0, 0.1) is 13.8 Å². The van der Waals surface area contributed by atoms with E-state index in [1.807, 2.05) is 0 Å². The van der Waals surface area contributed by atoms with Gasteiger partial charge in [-0.25, -0.2) is 9.78 Å². The molecule has 182 valence electrons. The minimum Gasteiger partial charge on any atom is -0.503 e. The van der Waals surface area contributed by atoms with Crippen LogP contribution >= 0.6 is 11.3 Å². The number of benzene rings is 1. The van der Waals surface area contributed by atoms with Gasteiger partial charge in [-0.1, -0.05) is 23.5 Å². The van der Waals surface area contributed by atoms with Crippen molar-refractivity contribution in [1.82, 2.24) is 4.98 Å². The SMILES string of the molecule is COC(=O)c1sc(N2C(=O)C(O)=C(C(=O)c3ccc(C)o3)[C@H]2c2cccc(OC)c2OC)nc1C. The number of aryl methyl sites for hydroxylation is 2. The van der Waals surface area contributed by atoms with Crippen LogP contribution in [0.15, 0.2) is 46.1 Å². The molecule has 0 aliphatic carbocycles. The molecule has 0 saturated heterocycles. The minimum absolute atomic E-state index is 0.0452. The fourth-order valence-electron chi connectivity index (χ4n) is 3.91. The highest BCUT2D eigenvalue weighted by Crippen LogP contribution is 2.48. The van der Waals surface area contributed by atoms with E-state index in [0.29, 0.717) is 22.8 Å². The summed E-state index contributed by atoms with van der Waals surface area (Å²) in [6, 6.07) is 6.89. The first-order valence-electron chi connectivity index (χ1n) is 10.4. The van der Waals surface area contributed by atoms with E-state index in [4.69, 9.17) is 18.6 Å². The summed E-state index contributed by atoms with van der Waals surface area (Å²) in [7, 11) is 4.12. The summed E-state index contributed by atoms with van der Waals surface area (Å²) in [5.41, 5.74) is 0.480. The summed E-state index contributed by atoms with van der Waals surface area (Å²) in [6.07, 6.45) is 0. The molecular formula is C24H22N2O8S. The number of Topliss-reactive ketones (excluding diaryl/α,β-unsaturated/α-hetero) is 1. The van der Waals surface area contributed by atoms with Gasteiger partial charge < -0.3 is 23.7 Å². The minimum atomic E-state index is -1.15. The summed E-state index contributed by atoms with van der Waals surface area (Å²) < 4.78 is 21.2. The Labute approximate surface area is 204 Å². The molecule has 0 spiro atoms. The molecule has 1 aliphatic heterocycles. The first-order chi connectivity index (χ1) is 16.7. The monoisotopic (exact) mass is 498 g/mol. The zero-order valence-corrected chi connectivity index (χ0v) is 20.4. The van der Waals surface area contributed by atoms with Gasteiger partial charge in [-0.05, 0) is 32.0 Å². The number of aliphatic hydroxyl groups is 1. The van der Waals surface area contributed by atoms with Crippen LogP contribution in [0.2, 0.25) is 0 Å². The smallest absolute Gasteiger partial charge is 0.350 e. The second kappa shape index (κ2) is 9.26. The van der Waals surface area contributed by atoms with Crippen LogP contribution in [0.5, 0.6) is 11.5 Å². The number of thiazole rings is 1. The number of ketones is 1. The van der Waals surface area contributed by atoms with Gasteiger partial charge in [-0.2, -0.15) is 0 Å². The van der Waals surface area contributed by atoms with Gasteiger partial charge in [0.05, 0.1) is 32.6 Å². The molecule has 1 aliphatic rings. The predicted molar refractivity (Wildman–Crippen MR) is 125 cm³/mol. The van der Waals surface area contributed by atoms with Crippen LogP contribution in [0.25, 0.3) is 0 Å². The fraction of sp³-hybridized carbons (Fsp3) is 0.250. The van der Waals surface area contributed by atoms with E-state index in [0.717, 1.165) is 16.2 Å². The number of hydrogen-bond acceptors (Lipinski definition) is 10. The molecule has 3 aromatic rings. The molecule has 0 bridgehead atoms. The summed E-state index contributed by atoms with van der Waals surface area (Å²) in [6.45, 7) is 3.27. The quantitative estimate of drug-likeness (QED) is 0.380. The highest BCUT2D eigenvalue weighted by atomic mass is 32.1. The zero-order valence-electron chi connectivity index (χ0n) is 19.6. The van der Waals surface area contributed by atoms with E-state index in [2.05, 4.69) is 4.98 Å². The molecule has 4 rings (SSSR count). The summed E-state index contributed by atoms with van der Waals surface area (Å²) in [4.78, 5) is 44.8. The number of aliphatic hydroxyl groups excluding tert-OH is 1. The Bertz CT molecular complexity index is 1370. The molecule has 0 radical (unpaired) electrons. The molecular weight excluding hydrogens is 476 g/mol. The molecule has 1 amide bonds. The Morgan fingerprint density at radius 3 is 2.46 bits per heavy atom. The zero-order chi connectivity index (χ0) is 25.4. The number of rotatable bonds is 7. The van der Waals surface area contributed by atoms with E-state index < -0.39 is 29.5 Å². The van der Waals surface area contributed by atoms with Crippen LogP contribution in [-0.2, 0) is 9.53 Å². The summed E-state index contributed by atoms with van der Waals surface area (Å²) in [5.74, 6) is -1.86. The maximum absolute atomic E-state index is 13.5. The number of nitrogens with zero attached hydrogens (tertiary/aromatic N) is 2. The lowest BCUT2D eigenvalue weighted by Crippen LogP contribution is -2.31. The lowest BCUT2D eigenvalue weighted by molar-refractivity contribution is -0.117.